The molecule has 0 aromatic heterocycles. The van der Waals surface area contributed by atoms with Gasteiger partial charge in [-0.25, -0.2) is 0 Å². The number of aryl methyl sites for hydroxylation is 1. The van der Waals surface area contributed by atoms with Crippen molar-refractivity contribution in [1.29, 1.82) is 0 Å². The third-order valence-corrected chi connectivity index (χ3v) is 6.75. The van der Waals surface area contributed by atoms with Crippen molar-refractivity contribution in [3.63, 3.8) is 0 Å². The van der Waals surface area contributed by atoms with E-state index < -0.39 is 6.04 Å². The maximum atomic E-state index is 13.4. The smallest absolute Gasteiger partial charge is 0.258 e. The third-order valence-electron chi connectivity index (χ3n) is 6.75. The van der Waals surface area contributed by atoms with E-state index in [0.29, 0.717) is 37.5 Å². The van der Waals surface area contributed by atoms with Gasteiger partial charge in [0.2, 0.25) is 11.8 Å². The summed E-state index contributed by atoms with van der Waals surface area (Å²) < 4.78 is 0. The highest BCUT2D eigenvalue weighted by Gasteiger charge is 2.30. The second-order valence-electron chi connectivity index (χ2n) is 10.1. The van der Waals surface area contributed by atoms with Crippen LogP contribution in [0.5, 0.6) is 0 Å². The molecule has 0 fully saturated rings. The Labute approximate surface area is 213 Å². The molecule has 3 aromatic rings. The lowest BCUT2D eigenvalue weighted by Crippen LogP contribution is -2.48. The molecule has 6 heteroatoms. The minimum Gasteiger partial charge on any atom is -0.354 e. The predicted molar refractivity (Wildman–Crippen MR) is 144 cm³/mol. The molecule has 36 heavy (non-hydrogen) atoms. The molecular formula is C30H35N3O3. The van der Waals surface area contributed by atoms with Gasteiger partial charge >= 0.3 is 0 Å². The molecule has 3 aromatic carbocycles. The fourth-order valence-corrected chi connectivity index (χ4v) is 4.66. The highest BCUT2D eigenvalue weighted by molar-refractivity contribution is 6.25. The van der Waals surface area contributed by atoms with E-state index >= 15 is 0 Å². The Morgan fingerprint density at radius 2 is 1.67 bits per heavy atom. The highest BCUT2D eigenvalue weighted by Crippen LogP contribution is 2.37. The monoisotopic (exact) mass is 485 g/mol. The molecule has 1 N–H and O–H groups in total. The molecule has 1 atom stereocenters. The molecule has 188 valence electrons. The summed E-state index contributed by atoms with van der Waals surface area (Å²) in [4.78, 5) is 42.7. The molecule has 6 nitrogen and oxygen atoms in total. The average Bonchev–Trinajstić information content (AvgIpc) is 3.14. The zero-order valence-corrected chi connectivity index (χ0v) is 21.6. The lowest BCUT2D eigenvalue weighted by atomic mass is 10.1. The molecule has 0 unspecified atom stereocenters. The van der Waals surface area contributed by atoms with Crippen molar-refractivity contribution in [3.05, 3.63) is 77.4 Å². The van der Waals surface area contributed by atoms with Crippen molar-refractivity contribution in [2.75, 3.05) is 18.0 Å². The van der Waals surface area contributed by atoms with Crippen LogP contribution in [0.1, 0.15) is 55.1 Å². The third kappa shape index (κ3) is 5.43. The largest absolute Gasteiger partial charge is 0.354 e. The number of nitrogens with zero attached hydrogens (tertiary/aromatic N) is 2. The first-order valence-electron chi connectivity index (χ1n) is 12.7. The van der Waals surface area contributed by atoms with Crippen LogP contribution in [0, 0.1) is 12.8 Å². The fraction of sp³-hybridized carbons (Fsp3) is 0.367. The molecular weight excluding hydrogens is 450 g/mol. The number of carbonyl (C=O) groups is 3. The first-order chi connectivity index (χ1) is 17.3. The Morgan fingerprint density at radius 1 is 0.972 bits per heavy atom. The van der Waals surface area contributed by atoms with E-state index in [4.69, 9.17) is 0 Å². The van der Waals surface area contributed by atoms with Crippen LogP contribution in [0.2, 0.25) is 0 Å². The summed E-state index contributed by atoms with van der Waals surface area (Å²) in [5.41, 5.74) is 3.74. The highest BCUT2D eigenvalue weighted by atomic mass is 16.2. The lowest BCUT2D eigenvalue weighted by molar-refractivity contribution is -0.140. The van der Waals surface area contributed by atoms with Gasteiger partial charge in [-0.2, -0.15) is 0 Å². The van der Waals surface area contributed by atoms with E-state index in [2.05, 4.69) is 5.32 Å². The van der Waals surface area contributed by atoms with E-state index in [1.54, 1.807) is 16.7 Å². The number of nitrogens with one attached hydrogen (secondary N) is 1. The molecule has 0 spiro atoms. The minimum absolute atomic E-state index is 0.0211. The van der Waals surface area contributed by atoms with Crippen LogP contribution in [0.25, 0.3) is 10.8 Å². The Bertz CT molecular complexity index is 1260. The Morgan fingerprint density at radius 3 is 2.36 bits per heavy atom. The van der Waals surface area contributed by atoms with Crippen molar-refractivity contribution in [2.45, 2.75) is 53.1 Å². The molecule has 3 amide bonds. The summed E-state index contributed by atoms with van der Waals surface area (Å²) in [6.07, 6.45) is 0.767. The van der Waals surface area contributed by atoms with Crippen LogP contribution in [-0.4, -0.2) is 41.8 Å². The lowest BCUT2D eigenvalue weighted by Gasteiger charge is -2.29. The Hall–Kier alpha value is -3.67. The van der Waals surface area contributed by atoms with E-state index in [1.807, 2.05) is 81.4 Å². The number of benzene rings is 3. The molecule has 0 saturated heterocycles. The van der Waals surface area contributed by atoms with Gasteiger partial charge in [-0.1, -0.05) is 67.9 Å². The minimum atomic E-state index is -0.594. The summed E-state index contributed by atoms with van der Waals surface area (Å²) in [6, 6.07) is 19.1. The van der Waals surface area contributed by atoms with Gasteiger partial charge in [0.1, 0.15) is 6.04 Å². The zero-order chi connectivity index (χ0) is 25.8. The van der Waals surface area contributed by atoms with Crippen LogP contribution in [0.4, 0.5) is 5.69 Å². The van der Waals surface area contributed by atoms with Crippen LogP contribution in [-0.2, 0) is 16.1 Å². The topological polar surface area (TPSA) is 69.7 Å². The SMILES string of the molecule is Cc1ccc(CN(C(=O)CCCN2C(=O)c3cccc4cccc2c34)[C@H](C)C(=O)NCC(C)C)cc1. The van der Waals surface area contributed by atoms with Gasteiger partial charge in [0.15, 0.2) is 0 Å². The summed E-state index contributed by atoms with van der Waals surface area (Å²) in [6.45, 7) is 9.26. The molecule has 0 saturated carbocycles. The molecule has 0 radical (unpaired) electrons. The van der Waals surface area contributed by atoms with Gasteiger partial charge in [-0.05, 0) is 49.3 Å². The standard InChI is InChI=1S/C30H35N3O3/c1-20(2)18-31-29(35)22(4)33(19-23-15-13-21(3)14-16-23)27(34)12-7-17-32-26-11-6-9-24-8-5-10-25(28(24)26)30(32)36/h5-6,8-11,13-16,20,22H,7,12,17-19H2,1-4H3,(H,31,35)/t22-/m1/s1. The molecule has 4 rings (SSSR count). The van der Waals surface area contributed by atoms with Gasteiger partial charge in [0, 0.05) is 37.0 Å². The average molecular weight is 486 g/mol. The van der Waals surface area contributed by atoms with E-state index in [-0.39, 0.29) is 24.1 Å². The van der Waals surface area contributed by atoms with Crippen molar-refractivity contribution in [3.8, 4) is 0 Å². The Kier molecular flexibility index (Phi) is 7.73. The summed E-state index contributed by atoms with van der Waals surface area (Å²) in [5.74, 6) is 0.0623. The first-order valence-corrected chi connectivity index (χ1v) is 12.7. The summed E-state index contributed by atoms with van der Waals surface area (Å²) in [7, 11) is 0. The van der Waals surface area contributed by atoms with Crippen molar-refractivity contribution in [1.82, 2.24) is 10.2 Å². The van der Waals surface area contributed by atoms with Crippen LogP contribution in [0.3, 0.4) is 0 Å². The quantitative estimate of drug-likeness (QED) is 0.436. The maximum Gasteiger partial charge on any atom is 0.258 e. The van der Waals surface area contributed by atoms with E-state index in [1.165, 1.54) is 0 Å². The van der Waals surface area contributed by atoms with Gasteiger partial charge in [0.25, 0.3) is 5.91 Å². The predicted octanol–water partition coefficient (Wildman–Crippen LogP) is 5.08. The number of carbonyl (C=O) groups excluding carboxylic acids is 3. The van der Waals surface area contributed by atoms with Crippen LogP contribution >= 0.6 is 0 Å². The van der Waals surface area contributed by atoms with E-state index in [0.717, 1.165) is 27.6 Å². The summed E-state index contributed by atoms with van der Waals surface area (Å²) >= 11 is 0. The van der Waals surface area contributed by atoms with Crippen LogP contribution in [0.15, 0.2) is 60.7 Å². The van der Waals surface area contributed by atoms with Crippen molar-refractivity contribution >= 4 is 34.2 Å². The second-order valence-corrected chi connectivity index (χ2v) is 10.1. The summed E-state index contributed by atoms with van der Waals surface area (Å²) in [5, 5.41) is 4.98. The Balaban J connectivity index is 1.45. The number of hydrogen-bond acceptors (Lipinski definition) is 3. The second kappa shape index (κ2) is 10.9. The van der Waals surface area contributed by atoms with Gasteiger partial charge < -0.3 is 15.1 Å². The number of rotatable bonds is 10. The van der Waals surface area contributed by atoms with Crippen LogP contribution < -0.4 is 10.2 Å². The number of hydrogen-bond donors (Lipinski definition) is 1. The zero-order valence-electron chi connectivity index (χ0n) is 21.6. The molecule has 0 aliphatic carbocycles. The number of anilines is 1. The van der Waals surface area contributed by atoms with Gasteiger partial charge in [0.05, 0.1) is 5.69 Å². The normalized spacial score (nSPS) is 13.4. The molecule has 1 heterocycles. The van der Waals surface area contributed by atoms with E-state index in [9.17, 15) is 14.4 Å². The van der Waals surface area contributed by atoms with Gasteiger partial charge in [-0.15, -0.1) is 0 Å². The molecule has 0 bridgehead atoms. The maximum absolute atomic E-state index is 13.4. The number of amides is 3. The molecule has 1 aliphatic heterocycles. The molecule has 1 aliphatic rings. The van der Waals surface area contributed by atoms with Crippen molar-refractivity contribution in [2.24, 2.45) is 5.92 Å². The van der Waals surface area contributed by atoms with Gasteiger partial charge in [-0.3, -0.25) is 14.4 Å². The first kappa shape index (κ1) is 25.4. The van der Waals surface area contributed by atoms with Crippen molar-refractivity contribution < 1.29 is 14.4 Å². The fourth-order valence-electron chi connectivity index (χ4n) is 4.66.